The van der Waals surface area contributed by atoms with Crippen LogP contribution in [-0.4, -0.2) is 32.7 Å². The van der Waals surface area contributed by atoms with E-state index in [1.54, 1.807) is 0 Å². The van der Waals surface area contributed by atoms with Gasteiger partial charge in [0.25, 0.3) is 5.91 Å². The van der Waals surface area contributed by atoms with Crippen LogP contribution in [0.1, 0.15) is 21.7 Å². The van der Waals surface area contributed by atoms with Gasteiger partial charge in [0.15, 0.2) is 5.82 Å². The van der Waals surface area contributed by atoms with Crippen molar-refractivity contribution in [2.24, 2.45) is 10.2 Å². The highest BCUT2D eigenvalue weighted by Gasteiger charge is 2.65. The van der Waals surface area contributed by atoms with E-state index in [0.717, 1.165) is 0 Å². The number of benzene rings is 1. The lowest BCUT2D eigenvalue weighted by Gasteiger charge is -2.14. The molecule has 0 aliphatic carbocycles. The SMILES string of the molecule is O=C(NCc1nn[nH]n1)c1ccc(C2(C(F)(F)F)N=N2)cc1. The second-order valence-electron chi connectivity index (χ2n) is 4.46. The van der Waals surface area contributed by atoms with Crippen molar-refractivity contribution in [2.75, 3.05) is 0 Å². The van der Waals surface area contributed by atoms with Gasteiger partial charge in [-0.1, -0.05) is 17.3 Å². The lowest BCUT2D eigenvalue weighted by molar-refractivity contribution is -0.166. The minimum atomic E-state index is -4.59. The summed E-state index contributed by atoms with van der Waals surface area (Å²) in [6.45, 7) is 0.0498. The summed E-state index contributed by atoms with van der Waals surface area (Å²) in [5.41, 5.74) is -2.41. The quantitative estimate of drug-likeness (QED) is 0.887. The molecule has 2 aromatic rings. The van der Waals surface area contributed by atoms with Crippen LogP contribution in [0, 0.1) is 0 Å². The predicted octanol–water partition coefficient (Wildman–Crippen LogP) is 1.31. The number of hydrogen-bond donors (Lipinski definition) is 2. The summed E-state index contributed by atoms with van der Waals surface area (Å²) < 4.78 is 38.5. The minimum Gasteiger partial charge on any atom is -0.345 e. The Hall–Kier alpha value is -2.85. The Morgan fingerprint density at radius 2 is 1.91 bits per heavy atom. The summed E-state index contributed by atoms with van der Waals surface area (Å²) in [5.74, 6) is -0.182. The molecule has 0 radical (unpaired) electrons. The maximum Gasteiger partial charge on any atom is 0.442 e. The van der Waals surface area contributed by atoms with Crippen LogP contribution in [0.5, 0.6) is 0 Å². The molecule has 0 saturated carbocycles. The molecule has 1 amide bonds. The molecule has 1 aromatic carbocycles. The Morgan fingerprint density at radius 1 is 1.23 bits per heavy atom. The number of nitrogens with zero attached hydrogens (tertiary/aromatic N) is 5. The van der Waals surface area contributed by atoms with Gasteiger partial charge in [0.05, 0.1) is 6.54 Å². The zero-order valence-corrected chi connectivity index (χ0v) is 10.8. The van der Waals surface area contributed by atoms with Crippen molar-refractivity contribution in [2.45, 2.75) is 18.4 Å². The molecule has 0 bridgehead atoms. The summed E-state index contributed by atoms with van der Waals surface area (Å²) >= 11 is 0. The number of aromatic nitrogens is 4. The third-order valence-electron chi connectivity index (χ3n) is 3.04. The molecule has 114 valence electrons. The van der Waals surface area contributed by atoms with Gasteiger partial charge in [0, 0.05) is 11.1 Å². The maximum absolute atomic E-state index is 12.8. The number of H-pyrrole nitrogens is 1. The summed E-state index contributed by atoms with van der Waals surface area (Å²) in [6, 6.07) is 4.91. The smallest absolute Gasteiger partial charge is 0.345 e. The molecule has 8 nitrogen and oxygen atoms in total. The number of halogens is 3. The van der Waals surface area contributed by atoms with Gasteiger partial charge in [-0.15, -0.1) is 20.4 Å². The van der Waals surface area contributed by atoms with E-state index in [0.29, 0.717) is 0 Å². The van der Waals surface area contributed by atoms with Crippen LogP contribution in [0.4, 0.5) is 13.2 Å². The average Bonchev–Trinajstić information content (AvgIpc) is 3.16. The highest BCUT2D eigenvalue weighted by molar-refractivity contribution is 5.94. The van der Waals surface area contributed by atoms with E-state index in [4.69, 9.17) is 0 Å². The van der Waals surface area contributed by atoms with Crippen molar-refractivity contribution >= 4 is 5.91 Å². The molecule has 0 spiro atoms. The van der Waals surface area contributed by atoms with Gasteiger partial charge in [0.1, 0.15) is 0 Å². The molecule has 22 heavy (non-hydrogen) atoms. The maximum atomic E-state index is 12.8. The first kappa shape index (κ1) is 14.1. The first-order valence-corrected chi connectivity index (χ1v) is 6.04. The van der Waals surface area contributed by atoms with Crippen molar-refractivity contribution in [3.05, 3.63) is 41.2 Å². The number of amides is 1. The molecule has 1 aromatic heterocycles. The largest absolute Gasteiger partial charge is 0.442 e. The van der Waals surface area contributed by atoms with E-state index in [1.807, 2.05) is 0 Å². The molecule has 11 heteroatoms. The second-order valence-corrected chi connectivity index (χ2v) is 4.46. The van der Waals surface area contributed by atoms with E-state index in [9.17, 15) is 18.0 Å². The van der Waals surface area contributed by atoms with Crippen LogP contribution in [0.3, 0.4) is 0 Å². The first-order valence-electron chi connectivity index (χ1n) is 6.04. The van der Waals surface area contributed by atoms with Crippen molar-refractivity contribution in [1.29, 1.82) is 0 Å². The summed E-state index contributed by atoms with van der Waals surface area (Å²) in [7, 11) is 0. The van der Waals surface area contributed by atoms with E-state index in [-0.39, 0.29) is 23.5 Å². The van der Waals surface area contributed by atoms with Gasteiger partial charge in [0.2, 0.25) is 0 Å². The van der Waals surface area contributed by atoms with Crippen molar-refractivity contribution in [3.8, 4) is 0 Å². The zero-order valence-electron chi connectivity index (χ0n) is 10.8. The number of alkyl halides is 3. The van der Waals surface area contributed by atoms with Crippen LogP contribution in [0.25, 0.3) is 0 Å². The zero-order chi connectivity index (χ0) is 15.8. The van der Waals surface area contributed by atoms with Gasteiger partial charge in [-0.25, -0.2) is 0 Å². The fraction of sp³-hybridized carbons (Fsp3) is 0.273. The van der Waals surface area contributed by atoms with Crippen LogP contribution < -0.4 is 5.32 Å². The van der Waals surface area contributed by atoms with Crippen LogP contribution >= 0.6 is 0 Å². The number of carbonyl (C=O) groups excluding carboxylic acids is 1. The molecule has 2 heterocycles. The molecule has 1 aliphatic rings. The van der Waals surface area contributed by atoms with Crippen molar-refractivity contribution < 1.29 is 18.0 Å². The Bertz CT molecular complexity index is 702. The van der Waals surface area contributed by atoms with Gasteiger partial charge in [-0.3, -0.25) is 4.79 Å². The van der Waals surface area contributed by atoms with Crippen molar-refractivity contribution in [3.63, 3.8) is 0 Å². The minimum absolute atomic E-state index is 0.0498. The third kappa shape index (κ3) is 2.40. The fourth-order valence-corrected chi connectivity index (χ4v) is 1.82. The number of tetrazole rings is 1. The fourth-order valence-electron chi connectivity index (χ4n) is 1.82. The van der Waals surface area contributed by atoms with Gasteiger partial charge >= 0.3 is 11.8 Å². The van der Waals surface area contributed by atoms with Gasteiger partial charge in [-0.2, -0.15) is 18.4 Å². The lowest BCUT2D eigenvalue weighted by Crippen LogP contribution is -2.30. The Kier molecular flexibility index (Phi) is 3.11. The third-order valence-corrected chi connectivity index (χ3v) is 3.04. The molecule has 0 unspecified atom stereocenters. The highest BCUT2D eigenvalue weighted by atomic mass is 19.4. The highest BCUT2D eigenvalue weighted by Crippen LogP contribution is 2.52. The number of rotatable bonds is 4. The molecule has 1 aliphatic heterocycles. The second kappa shape index (κ2) is 4.86. The summed E-state index contributed by atoms with van der Waals surface area (Å²) in [6.07, 6.45) is -4.59. The number of nitrogens with one attached hydrogen (secondary N) is 2. The topological polar surface area (TPSA) is 108 Å². The number of aromatic amines is 1. The Labute approximate surface area is 120 Å². The van der Waals surface area contributed by atoms with E-state index >= 15 is 0 Å². The summed E-state index contributed by atoms with van der Waals surface area (Å²) in [4.78, 5) is 11.8. The molecule has 0 fully saturated rings. The Morgan fingerprint density at radius 3 is 2.41 bits per heavy atom. The van der Waals surface area contributed by atoms with Gasteiger partial charge in [-0.05, 0) is 12.1 Å². The number of carbonyl (C=O) groups is 1. The molecule has 0 saturated heterocycles. The van der Waals surface area contributed by atoms with Crippen LogP contribution in [-0.2, 0) is 12.2 Å². The van der Waals surface area contributed by atoms with E-state index in [2.05, 4.69) is 36.2 Å². The monoisotopic (exact) mass is 311 g/mol. The molecule has 0 atom stereocenters. The standard InChI is InChI=1S/C11H8F3N7O/c12-11(13,14)10(18-19-10)7-3-1-6(2-4-7)9(22)15-5-8-16-20-21-17-8/h1-4H,5H2,(H,15,22)(H,16,17,20,21). The number of hydrogen-bond acceptors (Lipinski definition) is 6. The van der Waals surface area contributed by atoms with Gasteiger partial charge < -0.3 is 5.32 Å². The van der Waals surface area contributed by atoms with Crippen molar-refractivity contribution in [1.82, 2.24) is 25.9 Å². The predicted molar refractivity (Wildman–Crippen MR) is 64.4 cm³/mol. The normalized spacial score (nSPS) is 15.6. The lowest BCUT2D eigenvalue weighted by atomic mass is 10.0. The molecule has 3 rings (SSSR count). The van der Waals surface area contributed by atoms with Crippen LogP contribution in [0.2, 0.25) is 0 Å². The van der Waals surface area contributed by atoms with Crippen LogP contribution in [0.15, 0.2) is 34.5 Å². The molecule has 2 N–H and O–H groups in total. The molecular weight excluding hydrogens is 303 g/mol. The van der Waals surface area contributed by atoms with E-state index in [1.165, 1.54) is 24.3 Å². The summed E-state index contributed by atoms with van der Waals surface area (Å²) in [5, 5.41) is 21.6. The first-order chi connectivity index (χ1) is 10.4. The molecular formula is C11H8F3N7O. The van der Waals surface area contributed by atoms with E-state index < -0.39 is 17.7 Å². The average molecular weight is 311 g/mol. The Balaban J connectivity index is 1.68.